The summed E-state index contributed by atoms with van der Waals surface area (Å²) in [6.45, 7) is 0.430. The Kier molecular flexibility index (Phi) is 8.34. The number of hydrogen-bond acceptors (Lipinski definition) is 8. The van der Waals surface area contributed by atoms with Crippen LogP contribution >= 0.6 is 12.5 Å². The number of ether oxygens (including phenoxy) is 2. The fourth-order valence-electron chi connectivity index (χ4n) is 4.91. The molecule has 206 valence electrons. The van der Waals surface area contributed by atoms with Crippen molar-refractivity contribution in [2.45, 2.75) is 24.4 Å². The van der Waals surface area contributed by atoms with Crippen molar-refractivity contribution in [1.29, 1.82) is 0 Å². The molecule has 2 aliphatic rings. The maximum Gasteiger partial charge on any atom is 0.171 e. The van der Waals surface area contributed by atoms with E-state index in [1.807, 2.05) is 115 Å². The quantitative estimate of drug-likeness (QED) is 0.174. The van der Waals surface area contributed by atoms with Crippen LogP contribution in [0.15, 0.2) is 115 Å². The van der Waals surface area contributed by atoms with Crippen LogP contribution in [0.3, 0.4) is 0 Å². The Morgan fingerprint density at radius 1 is 0.625 bits per heavy atom. The smallest absolute Gasteiger partial charge is 0.171 e. The van der Waals surface area contributed by atoms with E-state index in [1.54, 1.807) is 0 Å². The summed E-state index contributed by atoms with van der Waals surface area (Å²) in [5.41, 5.74) is 0. The van der Waals surface area contributed by atoms with Crippen LogP contribution in [-0.4, -0.2) is 42.7 Å². The van der Waals surface area contributed by atoms with Gasteiger partial charge in [-0.2, -0.15) is 4.67 Å². The maximum atomic E-state index is 10.2. The third-order valence-electron chi connectivity index (χ3n) is 6.95. The second-order valence-corrected chi connectivity index (χ2v) is 17.2. The van der Waals surface area contributed by atoms with E-state index < -0.39 is 36.9 Å². The highest BCUT2D eigenvalue weighted by molar-refractivity contribution is 8.20. The first kappa shape index (κ1) is 27.9. The lowest BCUT2D eigenvalue weighted by Gasteiger charge is -2.29. The van der Waals surface area contributed by atoms with Crippen LogP contribution < -0.4 is 25.7 Å². The van der Waals surface area contributed by atoms with E-state index in [0.717, 1.165) is 15.9 Å². The summed E-state index contributed by atoms with van der Waals surface area (Å²) in [4.78, 5) is 6.01. The first-order chi connectivity index (χ1) is 19.5. The van der Waals surface area contributed by atoms with E-state index in [-0.39, 0.29) is 13.2 Å². The lowest BCUT2D eigenvalue weighted by atomic mass is 10.1. The van der Waals surface area contributed by atoms with Gasteiger partial charge in [-0.1, -0.05) is 115 Å². The fraction of sp³-hybridized carbons (Fsp3) is 0.200. The number of aliphatic hydroxyl groups excluding tert-OH is 1. The molecule has 0 aromatic heterocycles. The Morgan fingerprint density at radius 2 is 1.12 bits per heavy atom. The number of aliphatic hydroxyl groups is 1. The summed E-state index contributed by atoms with van der Waals surface area (Å²) in [7, 11) is 0. The van der Waals surface area contributed by atoms with Crippen molar-refractivity contribution >= 4 is 57.4 Å². The van der Waals surface area contributed by atoms with Gasteiger partial charge in [0.25, 0.3) is 0 Å². The lowest BCUT2D eigenvalue weighted by molar-refractivity contribution is -0.253. The third-order valence-corrected chi connectivity index (χ3v) is 14.5. The molecule has 0 spiro atoms. The van der Waals surface area contributed by atoms with E-state index >= 15 is 0 Å². The van der Waals surface area contributed by atoms with Crippen LogP contribution in [-0.2, 0) is 42.6 Å². The molecule has 4 aromatic rings. The van der Waals surface area contributed by atoms with Crippen molar-refractivity contribution in [2.24, 2.45) is 0 Å². The molecule has 4 aromatic carbocycles. The van der Waals surface area contributed by atoms with Gasteiger partial charge in [0, 0.05) is 15.9 Å². The Hall–Kier alpha value is -2.22. The topological polar surface area (TPSA) is 66.4 Å². The average molecular weight is 611 g/mol. The summed E-state index contributed by atoms with van der Waals surface area (Å²) < 4.78 is 24.6. The van der Waals surface area contributed by atoms with Gasteiger partial charge in [0.15, 0.2) is 12.5 Å². The van der Waals surface area contributed by atoms with E-state index in [4.69, 9.17) is 47.2 Å². The summed E-state index contributed by atoms with van der Waals surface area (Å²) in [5.74, 6) is 0.558. The van der Waals surface area contributed by atoms with Gasteiger partial charge >= 0.3 is 0 Å². The lowest BCUT2D eigenvalue weighted by Crippen LogP contribution is -2.33. The van der Waals surface area contributed by atoms with Crippen molar-refractivity contribution in [1.82, 2.24) is 0 Å². The zero-order valence-corrected chi connectivity index (χ0v) is 24.8. The second-order valence-electron chi connectivity index (χ2n) is 9.54. The van der Waals surface area contributed by atoms with Crippen LogP contribution in [0.5, 0.6) is 5.75 Å². The predicted octanol–water partition coefficient (Wildman–Crippen LogP) is 3.93. The Bertz CT molecular complexity index is 1500. The van der Waals surface area contributed by atoms with Crippen molar-refractivity contribution in [3.63, 3.8) is 0 Å². The van der Waals surface area contributed by atoms with Gasteiger partial charge in [-0.05, 0) is 23.9 Å². The zero-order chi connectivity index (χ0) is 27.6. The van der Waals surface area contributed by atoms with E-state index in [1.165, 1.54) is 0 Å². The Balaban J connectivity index is 1.39. The highest BCUT2D eigenvalue weighted by Gasteiger charge is 2.49. The number of benzene rings is 4. The molecule has 0 aliphatic carbocycles. The molecule has 0 bridgehead atoms. The largest absolute Gasteiger partial charge is 0.457 e. The van der Waals surface area contributed by atoms with Crippen LogP contribution in [0.1, 0.15) is 0 Å². The van der Waals surface area contributed by atoms with Gasteiger partial charge in [-0.3, -0.25) is 0 Å². The van der Waals surface area contributed by atoms with Crippen LogP contribution in [0.2, 0.25) is 0 Å². The minimum absolute atomic E-state index is 0.197. The highest BCUT2D eigenvalue weighted by atomic mass is 32.4. The van der Waals surface area contributed by atoms with Gasteiger partial charge < -0.3 is 19.1 Å². The molecule has 1 unspecified atom stereocenters. The van der Waals surface area contributed by atoms with Crippen LogP contribution in [0.25, 0.3) is 0 Å². The Labute approximate surface area is 243 Å². The van der Waals surface area contributed by atoms with Gasteiger partial charge in [0.05, 0.1) is 18.5 Å². The van der Waals surface area contributed by atoms with E-state index in [0.29, 0.717) is 11.1 Å². The average Bonchev–Trinajstić information content (AvgIpc) is 3.60. The molecule has 0 saturated carbocycles. The number of hydrogen-bond donors (Lipinski definition) is 1. The summed E-state index contributed by atoms with van der Waals surface area (Å²) in [5, 5.41) is 13.5. The van der Waals surface area contributed by atoms with Crippen LogP contribution in [0.4, 0.5) is 0 Å². The SMILES string of the molecule is O[C@@H]1CO[C@H]2[C@@H]1OC[C@@H]2OOP(=S)(c1ccccc1)c1ccccc1OP(=S)(c1ccccc1)c1ccccc1. The minimum atomic E-state index is -3.05. The third kappa shape index (κ3) is 5.37. The molecule has 6 rings (SSSR count). The Morgan fingerprint density at radius 3 is 1.73 bits per heavy atom. The molecule has 5 atom stereocenters. The molecule has 10 heteroatoms. The van der Waals surface area contributed by atoms with E-state index in [2.05, 4.69) is 0 Å². The van der Waals surface area contributed by atoms with E-state index in [9.17, 15) is 5.11 Å². The van der Waals surface area contributed by atoms with Gasteiger partial charge in [-0.25, -0.2) is 4.89 Å². The molecular formula is C30H28O6P2S2. The number of rotatable bonds is 9. The highest BCUT2D eigenvalue weighted by Crippen LogP contribution is 2.52. The molecule has 6 nitrogen and oxygen atoms in total. The zero-order valence-electron chi connectivity index (χ0n) is 21.4. The molecule has 2 aliphatic heterocycles. The molecule has 0 amide bonds. The first-order valence-corrected chi connectivity index (χ1v) is 18.4. The number of fused-ring (bicyclic) bond motifs is 1. The van der Waals surface area contributed by atoms with Crippen molar-refractivity contribution in [2.75, 3.05) is 13.2 Å². The molecule has 1 N–H and O–H groups in total. The molecule has 2 heterocycles. The normalized spacial score (nSPS) is 23.8. The van der Waals surface area contributed by atoms with Gasteiger partial charge in [-0.15, -0.1) is 0 Å². The molecular weight excluding hydrogens is 582 g/mol. The molecule has 2 saturated heterocycles. The van der Waals surface area contributed by atoms with Gasteiger partial charge in [0.2, 0.25) is 0 Å². The summed E-state index contributed by atoms with van der Waals surface area (Å²) >= 11 is 12.7. The first-order valence-electron chi connectivity index (χ1n) is 12.9. The maximum absolute atomic E-state index is 10.2. The molecule has 2 fully saturated rings. The second kappa shape index (κ2) is 11.9. The van der Waals surface area contributed by atoms with Crippen molar-refractivity contribution in [3.05, 3.63) is 115 Å². The van der Waals surface area contributed by atoms with Gasteiger partial charge in [0.1, 0.15) is 30.2 Å². The summed E-state index contributed by atoms with van der Waals surface area (Å²) in [6, 6.07) is 37.1. The fourth-order valence-corrected chi connectivity index (χ4v) is 10.9. The molecule has 0 radical (unpaired) electrons. The van der Waals surface area contributed by atoms with Crippen molar-refractivity contribution < 1.29 is 28.7 Å². The monoisotopic (exact) mass is 610 g/mol. The molecule has 40 heavy (non-hydrogen) atoms. The van der Waals surface area contributed by atoms with Crippen molar-refractivity contribution in [3.8, 4) is 5.75 Å². The predicted molar refractivity (Wildman–Crippen MR) is 165 cm³/mol. The number of para-hydroxylation sites is 1. The van der Waals surface area contributed by atoms with Crippen LogP contribution in [0, 0.1) is 0 Å². The standard InChI is InChI=1S/C30H28O6P2S2/c31-25-20-32-30-27(21-33-29(25)30)34-36-38(40,24-16-8-3-9-17-24)28-19-11-10-18-26(28)35-37(39,22-12-4-1-5-13-22)23-14-6-2-7-15-23/h1-19,25,27,29-31H,20-21H2/t25-,27+,29-,30-,38?/m1/s1. The minimum Gasteiger partial charge on any atom is -0.457 e. The summed E-state index contributed by atoms with van der Waals surface area (Å²) in [6.07, 6.45) is -7.89.